The smallest absolute Gasteiger partial charge is 0.296 e. The Bertz CT molecular complexity index is 1180. The zero-order valence-corrected chi connectivity index (χ0v) is 17.0. The number of nitrogens with one attached hydrogen (secondary N) is 2. The number of piperidine rings is 1. The molecule has 0 aliphatic carbocycles. The summed E-state index contributed by atoms with van der Waals surface area (Å²) < 4.78 is 65.3. The van der Waals surface area contributed by atoms with Crippen molar-refractivity contribution < 1.29 is 32.1 Å². The van der Waals surface area contributed by atoms with Crippen LogP contribution in [0.5, 0.6) is 23.0 Å². The molecule has 11 heteroatoms. The molecule has 2 N–H and O–H groups in total. The lowest BCUT2D eigenvalue weighted by Gasteiger charge is -2.32. The van der Waals surface area contributed by atoms with Crippen LogP contribution < -0.4 is 29.6 Å². The van der Waals surface area contributed by atoms with Crippen LogP contribution in [0.25, 0.3) is 10.9 Å². The van der Waals surface area contributed by atoms with Crippen LogP contribution in [0.2, 0.25) is 0 Å². The molecule has 0 spiro atoms. The van der Waals surface area contributed by atoms with E-state index in [9.17, 15) is 13.2 Å². The maximum Gasteiger partial charge on any atom is 0.296 e. The maximum atomic E-state index is 14.6. The van der Waals surface area contributed by atoms with Crippen LogP contribution in [-0.4, -0.2) is 49.0 Å². The van der Waals surface area contributed by atoms with Crippen molar-refractivity contribution in [3.05, 3.63) is 36.4 Å². The molecule has 2 aromatic carbocycles. The minimum absolute atomic E-state index is 0.00830. The third kappa shape index (κ3) is 3.58. The highest BCUT2D eigenvalue weighted by atomic mass is 19.3. The Morgan fingerprint density at radius 3 is 2.91 bits per heavy atom. The van der Waals surface area contributed by atoms with Crippen LogP contribution in [0.15, 0.2) is 30.6 Å². The van der Waals surface area contributed by atoms with Crippen molar-refractivity contribution in [3.8, 4) is 23.0 Å². The third-order valence-electron chi connectivity index (χ3n) is 5.33. The number of ether oxygens (including phenoxy) is 4. The Morgan fingerprint density at radius 1 is 1.22 bits per heavy atom. The number of alkyl halides is 2. The first kappa shape index (κ1) is 20.4. The highest BCUT2D eigenvalue weighted by Gasteiger charge is 2.43. The predicted molar refractivity (Wildman–Crippen MR) is 109 cm³/mol. The Balaban J connectivity index is 1.61. The van der Waals surface area contributed by atoms with Crippen LogP contribution in [-0.2, 0) is 0 Å². The number of fused-ring (bicyclic) bond motifs is 2. The Kier molecular flexibility index (Phi) is 5.04. The van der Waals surface area contributed by atoms with Crippen molar-refractivity contribution in [3.63, 3.8) is 0 Å². The SMILES string of the molecule is COc1cc(OC2CCNCC2(F)F)c2c(Nc3c(F)ccc4c3OCO4)ncnc2c1. The molecule has 168 valence electrons. The lowest BCUT2D eigenvalue weighted by Crippen LogP contribution is -2.52. The minimum atomic E-state index is -3.07. The van der Waals surface area contributed by atoms with Gasteiger partial charge in [0.05, 0.1) is 24.6 Å². The monoisotopic (exact) mass is 448 g/mol. The van der Waals surface area contributed by atoms with Crippen molar-refractivity contribution in [2.24, 2.45) is 0 Å². The number of hydrogen-bond acceptors (Lipinski definition) is 8. The number of anilines is 2. The Hall–Kier alpha value is -3.47. The van der Waals surface area contributed by atoms with Crippen LogP contribution in [0.4, 0.5) is 24.7 Å². The van der Waals surface area contributed by atoms with E-state index in [2.05, 4.69) is 20.6 Å². The van der Waals surface area contributed by atoms with Gasteiger partial charge in [0.25, 0.3) is 5.92 Å². The van der Waals surface area contributed by atoms with Crippen molar-refractivity contribution >= 4 is 22.4 Å². The highest BCUT2D eigenvalue weighted by molar-refractivity contribution is 5.97. The maximum absolute atomic E-state index is 14.6. The standard InChI is InChI=1S/C21H19F3N4O4/c1-29-11-6-13-17(15(7-11)32-16-4-5-25-8-21(16,23)24)20(27-9-26-13)28-18-12(22)2-3-14-19(18)31-10-30-14/h2-3,6-7,9,16,25H,4-5,8,10H2,1H3,(H,26,27,28). The molecular weight excluding hydrogens is 429 g/mol. The summed E-state index contributed by atoms with van der Waals surface area (Å²) in [7, 11) is 1.45. The van der Waals surface area contributed by atoms with Gasteiger partial charge in [-0.2, -0.15) is 0 Å². The zero-order valence-electron chi connectivity index (χ0n) is 17.0. The second-order valence-electron chi connectivity index (χ2n) is 7.36. The summed E-state index contributed by atoms with van der Waals surface area (Å²) >= 11 is 0. The number of benzene rings is 2. The summed E-state index contributed by atoms with van der Waals surface area (Å²) in [4.78, 5) is 8.42. The molecule has 0 amide bonds. The van der Waals surface area contributed by atoms with Crippen molar-refractivity contribution in [2.45, 2.75) is 18.4 Å². The lowest BCUT2D eigenvalue weighted by atomic mass is 10.1. The van der Waals surface area contributed by atoms with Gasteiger partial charge in [0.1, 0.15) is 29.3 Å². The molecule has 1 atom stereocenters. The second-order valence-corrected chi connectivity index (χ2v) is 7.36. The van der Waals surface area contributed by atoms with Gasteiger partial charge in [-0.15, -0.1) is 0 Å². The first-order valence-corrected chi connectivity index (χ1v) is 9.89. The summed E-state index contributed by atoms with van der Waals surface area (Å²) in [6.45, 7) is -0.142. The van der Waals surface area contributed by atoms with E-state index >= 15 is 0 Å². The number of nitrogens with zero attached hydrogens (tertiary/aromatic N) is 2. The average molecular weight is 448 g/mol. The van der Waals surface area contributed by atoms with Gasteiger partial charge in [-0.3, -0.25) is 0 Å². The first-order valence-electron chi connectivity index (χ1n) is 9.89. The van der Waals surface area contributed by atoms with Gasteiger partial charge in [0.2, 0.25) is 6.79 Å². The molecule has 1 aromatic heterocycles. The van der Waals surface area contributed by atoms with Gasteiger partial charge in [-0.1, -0.05) is 0 Å². The van der Waals surface area contributed by atoms with Crippen LogP contribution >= 0.6 is 0 Å². The van der Waals surface area contributed by atoms with E-state index in [1.54, 1.807) is 6.07 Å². The lowest BCUT2D eigenvalue weighted by molar-refractivity contribution is -0.108. The molecule has 0 saturated carbocycles. The number of aromatic nitrogens is 2. The summed E-state index contributed by atoms with van der Waals surface area (Å²) in [6, 6.07) is 5.79. The van der Waals surface area contributed by atoms with E-state index in [1.165, 1.54) is 31.6 Å². The Labute approximate surface area is 180 Å². The van der Waals surface area contributed by atoms with Crippen molar-refractivity contribution in [2.75, 3.05) is 32.3 Å². The summed E-state index contributed by atoms with van der Waals surface area (Å²) in [5, 5.41) is 5.87. The van der Waals surface area contributed by atoms with Gasteiger partial charge in [-0.25, -0.2) is 23.1 Å². The number of halogens is 3. The molecule has 8 nitrogen and oxygen atoms in total. The number of hydrogen-bond donors (Lipinski definition) is 2. The van der Waals surface area contributed by atoms with E-state index < -0.39 is 24.4 Å². The molecule has 1 unspecified atom stereocenters. The third-order valence-corrected chi connectivity index (χ3v) is 5.33. The molecule has 3 aromatic rings. The van der Waals surface area contributed by atoms with E-state index in [0.29, 0.717) is 28.9 Å². The Morgan fingerprint density at radius 2 is 2.09 bits per heavy atom. The van der Waals surface area contributed by atoms with Gasteiger partial charge in [0.15, 0.2) is 23.4 Å². The van der Waals surface area contributed by atoms with Crippen molar-refractivity contribution in [1.29, 1.82) is 0 Å². The largest absolute Gasteiger partial charge is 0.497 e. The molecule has 32 heavy (non-hydrogen) atoms. The average Bonchev–Trinajstić information content (AvgIpc) is 3.26. The van der Waals surface area contributed by atoms with E-state index in [0.717, 1.165) is 0 Å². The minimum Gasteiger partial charge on any atom is -0.497 e. The van der Waals surface area contributed by atoms with Gasteiger partial charge in [0, 0.05) is 18.6 Å². The number of rotatable bonds is 5. The van der Waals surface area contributed by atoms with Crippen molar-refractivity contribution in [1.82, 2.24) is 15.3 Å². The summed E-state index contributed by atoms with van der Waals surface area (Å²) in [5.41, 5.74) is 0.383. The molecule has 1 saturated heterocycles. The molecular formula is C21H19F3N4O4. The quantitative estimate of drug-likeness (QED) is 0.612. The molecule has 2 aliphatic rings. The fraction of sp³-hybridized carbons (Fsp3) is 0.333. The first-order chi connectivity index (χ1) is 15.5. The van der Waals surface area contributed by atoms with E-state index in [-0.39, 0.29) is 36.2 Å². The summed E-state index contributed by atoms with van der Waals surface area (Å²) in [6.07, 6.45) is 0.0149. The van der Waals surface area contributed by atoms with E-state index in [4.69, 9.17) is 18.9 Å². The molecule has 0 radical (unpaired) electrons. The number of methoxy groups -OCH3 is 1. The fourth-order valence-electron chi connectivity index (χ4n) is 3.73. The zero-order chi connectivity index (χ0) is 22.3. The topological polar surface area (TPSA) is 86.8 Å². The van der Waals surface area contributed by atoms with Crippen LogP contribution in [0.1, 0.15) is 6.42 Å². The molecule has 0 bridgehead atoms. The fourth-order valence-corrected chi connectivity index (χ4v) is 3.73. The highest BCUT2D eigenvalue weighted by Crippen LogP contribution is 2.44. The summed E-state index contributed by atoms with van der Waals surface area (Å²) in [5.74, 6) is -2.47. The molecule has 3 heterocycles. The normalized spacial score (nSPS) is 19.1. The van der Waals surface area contributed by atoms with Crippen LogP contribution in [0, 0.1) is 5.82 Å². The second kappa shape index (κ2) is 7.90. The molecule has 5 rings (SSSR count). The van der Waals surface area contributed by atoms with Crippen LogP contribution in [0.3, 0.4) is 0 Å². The molecule has 2 aliphatic heterocycles. The van der Waals surface area contributed by atoms with Gasteiger partial charge in [-0.05, 0) is 18.7 Å². The van der Waals surface area contributed by atoms with Gasteiger partial charge >= 0.3 is 0 Å². The van der Waals surface area contributed by atoms with E-state index in [1.807, 2.05) is 0 Å². The predicted octanol–water partition coefficient (Wildman–Crippen LogP) is 3.63. The molecule has 1 fully saturated rings. The van der Waals surface area contributed by atoms with Gasteiger partial charge < -0.3 is 29.6 Å².